The molecule has 0 saturated carbocycles. The molecular formula is C27H28ClN5O7. The van der Waals surface area contributed by atoms with Crippen LogP contribution in [-0.4, -0.2) is 51.5 Å². The van der Waals surface area contributed by atoms with Crippen LogP contribution in [0.5, 0.6) is 5.75 Å². The number of pyridine rings is 1. The quantitative estimate of drug-likeness (QED) is 0.141. The molecule has 0 aliphatic carbocycles. The van der Waals surface area contributed by atoms with Gasteiger partial charge in [0.15, 0.2) is 5.96 Å². The van der Waals surface area contributed by atoms with Crippen molar-refractivity contribution in [2.45, 2.75) is 26.8 Å². The second-order valence-electron chi connectivity index (χ2n) is 7.77. The molecule has 13 heteroatoms. The molecule has 3 aromatic rings. The number of aryl methyl sites for hydroxylation is 1. The zero-order chi connectivity index (χ0) is 28.8. The van der Waals surface area contributed by atoms with Crippen LogP contribution in [0.4, 0.5) is 5.69 Å². The molecule has 3 rings (SSSR count). The molecule has 0 aliphatic rings. The molecule has 210 valence electrons. The minimum Gasteiger partial charge on any atom is -0.480 e. The van der Waals surface area contributed by atoms with E-state index >= 15 is 0 Å². The molecule has 0 unspecified atom stereocenters. The summed E-state index contributed by atoms with van der Waals surface area (Å²) in [6, 6.07) is 16.1. The van der Waals surface area contributed by atoms with Crippen LogP contribution in [0.25, 0.3) is 0 Å². The number of ether oxygens (including phenoxy) is 1. The first kappa shape index (κ1) is 33.0. The van der Waals surface area contributed by atoms with Crippen LogP contribution in [0.3, 0.4) is 0 Å². The Hall–Kier alpha value is -5.06. The monoisotopic (exact) mass is 569 g/mol. The predicted octanol–water partition coefficient (Wildman–Crippen LogP) is 2.96. The molecule has 1 aromatic heterocycles. The second-order valence-corrected chi connectivity index (χ2v) is 8.18. The fraction of sp³-hybridized carbons (Fsp3) is 0.185. The maximum Gasteiger partial charge on any atom is 0.373 e. The molecule has 1 heterocycles. The summed E-state index contributed by atoms with van der Waals surface area (Å²) < 4.78 is 5.38. The number of hydrogen-bond donors (Lipinski definition) is 3. The molecular weight excluding hydrogens is 542 g/mol. The molecule has 0 aliphatic heterocycles. The number of hydrogen-bond acceptors (Lipinski definition) is 8. The lowest BCUT2D eigenvalue weighted by Gasteiger charge is -2.20. The first-order valence-electron chi connectivity index (χ1n) is 11.2. The molecule has 0 atom stereocenters. The number of carbonyl (C=O) groups excluding carboxylic acids is 4. The van der Waals surface area contributed by atoms with Gasteiger partial charge < -0.3 is 26.2 Å². The number of nitrogens with two attached hydrogens (primary N) is 2. The molecule has 0 fully saturated rings. The van der Waals surface area contributed by atoms with E-state index in [2.05, 4.69) is 9.98 Å². The van der Waals surface area contributed by atoms with E-state index in [0.717, 1.165) is 0 Å². The highest BCUT2D eigenvalue weighted by Gasteiger charge is 2.18. The van der Waals surface area contributed by atoms with Gasteiger partial charge in [-0.25, -0.2) is 9.79 Å². The van der Waals surface area contributed by atoms with E-state index in [9.17, 15) is 19.5 Å². The van der Waals surface area contributed by atoms with Crippen molar-refractivity contribution in [3.05, 3.63) is 88.7 Å². The van der Waals surface area contributed by atoms with Gasteiger partial charge >= 0.3 is 18.1 Å². The summed E-state index contributed by atoms with van der Waals surface area (Å²) in [6.07, 6.45) is 2.15. The number of amides is 1. The van der Waals surface area contributed by atoms with Crippen LogP contribution in [0, 0.1) is 0 Å². The van der Waals surface area contributed by atoms with E-state index in [1.54, 1.807) is 48.7 Å². The normalized spacial score (nSPS) is 9.53. The molecule has 12 nitrogen and oxygen atoms in total. The van der Waals surface area contributed by atoms with Gasteiger partial charge in [-0.3, -0.25) is 14.6 Å². The third-order valence-corrected chi connectivity index (χ3v) is 5.31. The minimum absolute atomic E-state index is 0. The average molecular weight is 570 g/mol. The van der Waals surface area contributed by atoms with E-state index < -0.39 is 18.5 Å². The number of carbonyl (C=O) groups is 3. The summed E-state index contributed by atoms with van der Waals surface area (Å²) >= 11 is 6.35. The summed E-state index contributed by atoms with van der Waals surface area (Å²) in [7, 11) is 0. The molecule has 40 heavy (non-hydrogen) atoms. The Morgan fingerprint density at radius 2 is 1.73 bits per heavy atom. The lowest BCUT2D eigenvalue weighted by atomic mass is 10.1. The summed E-state index contributed by atoms with van der Waals surface area (Å²) in [6.45, 7) is -0.355. The Balaban J connectivity index is 0.00000191. The van der Waals surface area contributed by atoms with Crippen molar-refractivity contribution in [2.24, 2.45) is 16.5 Å². The van der Waals surface area contributed by atoms with Crippen LogP contribution in [-0.2, 0) is 32.1 Å². The van der Waals surface area contributed by atoms with Crippen LogP contribution >= 0.6 is 11.6 Å². The third kappa shape index (κ3) is 11.1. The van der Waals surface area contributed by atoms with Gasteiger partial charge in [0.2, 0.25) is 5.91 Å². The number of rotatable bonds is 10. The van der Waals surface area contributed by atoms with Crippen LogP contribution < -0.4 is 16.2 Å². The number of carboxylic acid groups (broad SMARTS) is 1. The van der Waals surface area contributed by atoms with Crippen molar-refractivity contribution >= 4 is 47.2 Å². The van der Waals surface area contributed by atoms with Crippen molar-refractivity contribution in [2.75, 3.05) is 6.54 Å². The smallest absolute Gasteiger partial charge is 0.373 e. The number of nitrogens with zero attached hydrogens (tertiary/aromatic N) is 3. The zero-order valence-corrected chi connectivity index (χ0v) is 21.2. The number of carboxylic acids is 1. The zero-order valence-electron chi connectivity index (χ0n) is 20.5. The van der Waals surface area contributed by atoms with Gasteiger partial charge in [0, 0.05) is 17.6 Å². The number of benzene rings is 2. The molecule has 0 spiro atoms. The van der Waals surface area contributed by atoms with Gasteiger partial charge in [-0.15, -0.1) is 0 Å². The fourth-order valence-electron chi connectivity index (χ4n) is 3.26. The highest BCUT2D eigenvalue weighted by atomic mass is 35.5. The lowest BCUT2D eigenvalue weighted by molar-refractivity contribution is -0.191. The van der Waals surface area contributed by atoms with Crippen molar-refractivity contribution in [3.63, 3.8) is 0 Å². The van der Waals surface area contributed by atoms with Gasteiger partial charge in [0.05, 0.1) is 23.5 Å². The van der Waals surface area contributed by atoms with Crippen LogP contribution in [0.1, 0.15) is 35.5 Å². The van der Waals surface area contributed by atoms with Crippen molar-refractivity contribution in [3.8, 4) is 5.75 Å². The van der Waals surface area contributed by atoms with Crippen LogP contribution in [0.15, 0.2) is 71.9 Å². The van der Waals surface area contributed by atoms with Crippen LogP contribution in [0.2, 0.25) is 5.02 Å². The Morgan fingerprint density at radius 1 is 1.05 bits per heavy atom. The molecule has 2 aromatic carbocycles. The van der Waals surface area contributed by atoms with Crippen molar-refractivity contribution in [1.29, 1.82) is 0 Å². The Bertz CT molecular complexity index is 1360. The highest BCUT2D eigenvalue weighted by molar-refractivity contribution is 6.31. The number of aromatic nitrogens is 1. The van der Waals surface area contributed by atoms with Gasteiger partial charge in [-0.1, -0.05) is 31.2 Å². The molecule has 5 N–H and O–H groups in total. The second kappa shape index (κ2) is 16.7. The molecule has 0 radical (unpaired) electrons. The van der Waals surface area contributed by atoms with Crippen molar-refractivity contribution in [1.82, 2.24) is 9.88 Å². The van der Waals surface area contributed by atoms with E-state index in [4.69, 9.17) is 37.4 Å². The van der Waals surface area contributed by atoms with E-state index in [0.29, 0.717) is 27.5 Å². The SMILES string of the molecule is C.NC(N)=Nc1ccc(C(=O)Oc2ccc(CCC(=O)N(CC(=O)O)Cc3ccccn3)c(Cl)c2)cc1.O=C=O. The molecule has 1 amide bonds. The standard InChI is InChI=1S/C25H24ClN5O5.CO2.CH4/c26-21-13-20(36-24(35)17-4-8-18(9-5-17)30-25(27)28)10-6-16(21)7-11-22(32)31(15-23(33)34)14-19-3-1-2-12-29-19;2-1-3;/h1-6,8-10,12-13H,7,11,14-15H2,(H,33,34)(H4,27,28,30);;1H4. The maximum absolute atomic E-state index is 12.7. The molecule has 0 bridgehead atoms. The van der Waals surface area contributed by atoms with Gasteiger partial charge in [0.25, 0.3) is 0 Å². The first-order valence-corrected chi connectivity index (χ1v) is 11.6. The third-order valence-electron chi connectivity index (χ3n) is 4.96. The number of halogens is 1. The topological polar surface area (TPSA) is 195 Å². The first-order chi connectivity index (χ1) is 18.6. The van der Waals surface area contributed by atoms with E-state index in [1.165, 1.54) is 23.1 Å². The number of esters is 1. The summed E-state index contributed by atoms with van der Waals surface area (Å²) in [5.41, 5.74) is 12.7. The van der Waals surface area contributed by atoms with E-state index in [-0.39, 0.29) is 50.6 Å². The fourth-order valence-corrected chi connectivity index (χ4v) is 3.53. The number of aliphatic imine (C=N–C) groups is 1. The summed E-state index contributed by atoms with van der Waals surface area (Å²) in [5, 5.41) is 9.49. The summed E-state index contributed by atoms with van der Waals surface area (Å²) in [5.74, 6) is -1.92. The summed E-state index contributed by atoms with van der Waals surface area (Å²) in [4.78, 5) is 61.9. The van der Waals surface area contributed by atoms with E-state index in [1.807, 2.05) is 0 Å². The highest BCUT2D eigenvalue weighted by Crippen LogP contribution is 2.25. The van der Waals surface area contributed by atoms with Crippen molar-refractivity contribution < 1.29 is 33.8 Å². The number of aliphatic carboxylic acids is 1. The number of guanidine groups is 1. The Morgan fingerprint density at radius 3 is 2.27 bits per heavy atom. The Kier molecular flexibility index (Phi) is 13.8. The Labute approximate surface area is 235 Å². The lowest BCUT2D eigenvalue weighted by Crippen LogP contribution is -2.35. The van der Waals surface area contributed by atoms with Gasteiger partial charge in [-0.05, 0) is 60.5 Å². The van der Waals surface area contributed by atoms with Gasteiger partial charge in [0.1, 0.15) is 12.3 Å². The minimum atomic E-state index is -1.12. The average Bonchev–Trinajstić information content (AvgIpc) is 2.88. The molecule has 0 saturated heterocycles. The maximum atomic E-state index is 12.7. The van der Waals surface area contributed by atoms with Gasteiger partial charge in [-0.2, -0.15) is 9.59 Å². The largest absolute Gasteiger partial charge is 0.480 e. The predicted molar refractivity (Wildman–Crippen MR) is 146 cm³/mol.